The summed E-state index contributed by atoms with van der Waals surface area (Å²) < 4.78 is 1.14. The Balaban J connectivity index is 2.16. The van der Waals surface area contributed by atoms with E-state index in [2.05, 4.69) is 5.32 Å². The van der Waals surface area contributed by atoms with E-state index in [1.807, 2.05) is 47.7 Å². The van der Waals surface area contributed by atoms with Gasteiger partial charge in [-0.3, -0.25) is 0 Å². The Morgan fingerprint density at radius 3 is 2.58 bits per heavy atom. The molecule has 0 saturated carbocycles. The number of benzene rings is 2. The lowest BCUT2D eigenvalue weighted by molar-refractivity contribution is -0.328. The molecule has 19 heavy (non-hydrogen) atoms. The number of rotatable bonds is 3. The Labute approximate surface area is 135 Å². The summed E-state index contributed by atoms with van der Waals surface area (Å²) in [5, 5.41) is 14.3. The number of phenolic OH excluding ortho intramolecular Hbond substituents is 1. The Morgan fingerprint density at radius 1 is 1.16 bits per heavy atom. The van der Waals surface area contributed by atoms with Crippen LogP contribution in [0.5, 0.6) is 5.75 Å². The van der Waals surface area contributed by atoms with Crippen LogP contribution in [0.25, 0.3) is 0 Å². The van der Waals surface area contributed by atoms with Crippen molar-refractivity contribution >= 4 is 28.9 Å². The second-order valence-corrected chi connectivity index (χ2v) is 6.39. The van der Waals surface area contributed by atoms with Crippen molar-refractivity contribution in [2.45, 2.75) is 13.5 Å². The molecule has 0 aromatic heterocycles. The van der Waals surface area contributed by atoms with E-state index in [-0.39, 0.29) is 0 Å². The predicted octanol–water partition coefficient (Wildman–Crippen LogP) is 1.07. The van der Waals surface area contributed by atoms with Crippen LogP contribution in [0.15, 0.2) is 30.3 Å². The van der Waals surface area contributed by atoms with Gasteiger partial charge in [-0.05, 0) is 42.8 Å². The van der Waals surface area contributed by atoms with Gasteiger partial charge in [0.15, 0.2) is 3.57 Å². The first kappa shape index (κ1) is 14.8. The summed E-state index contributed by atoms with van der Waals surface area (Å²) in [4.78, 5) is 0. The maximum absolute atomic E-state index is 10.0. The van der Waals surface area contributed by atoms with Gasteiger partial charge in [0, 0.05) is 17.8 Å². The highest BCUT2D eigenvalue weighted by Gasteiger charge is 2.09. The first-order valence-corrected chi connectivity index (χ1v) is 7.58. The summed E-state index contributed by atoms with van der Waals surface area (Å²) in [6, 6.07) is 9.30. The Kier molecular flexibility index (Phi) is 4.81. The van der Waals surface area contributed by atoms with Gasteiger partial charge < -0.3 is 10.4 Å². The fourth-order valence-electron chi connectivity index (χ4n) is 1.75. The molecule has 0 aliphatic carbocycles. The van der Waals surface area contributed by atoms with E-state index < -0.39 is 0 Å². The van der Waals surface area contributed by atoms with Gasteiger partial charge in [-0.15, -0.1) is 0 Å². The number of phenols is 1. The van der Waals surface area contributed by atoms with Crippen molar-refractivity contribution in [2.24, 2.45) is 0 Å². The van der Waals surface area contributed by atoms with Gasteiger partial charge in [0.05, 0.1) is 10.0 Å². The minimum atomic E-state index is 0.333. The highest BCUT2D eigenvalue weighted by atomic mass is 127. The van der Waals surface area contributed by atoms with Gasteiger partial charge in [0.25, 0.3) is 22.6 Å². The molecule has 0 saturated heterocycles. The number of aromatic hydroxyl groups is 1. The summed E-state index contributed by atoms with van der Waals surface area (Å²) >= 11 is 13.8. The lowest BCUT2D eigenvalue weighted by Crippen LogP contribution is -3.34. The van der Waals surface area contributed by atoms with Gasteiger partial charge in [-0.1, -0.05) is 23.2 Å². The molecule has 0 spiro atoms. The van der Waals surface area contributed by atoms with E-state index in [4.69, 9.17) is 23.2 Å². The van der Waals surface area contributed by atoms with Crippen molar-refractivity contribution in [3.63, 3.8) is 0 Å². The summed E-state index contributed by atoms with van der Waals surface area (Å²) in [7, 11) is 0. The van der Waals surface area contributed by atoms with Crippen molar-refractivity contribution in [2.75, 3.05) is 5.32 Å². The third-order valence-corrected chi connectivity index (χ3v) is 4.17. The zero-order valence-corrected chi connectivity index (χ0v) is 14.0. The molecule has 2 aromatic carbocycles. The molecule has 0 unspecified atom stereocenters. The van der Waals surface area contributed by atoms with Crippen LogP contribution in [-0.2, 0) is 6.54 Å². The highest BCUT2D eigenvalue weighted by molar-refractivity contribution is 6.42. The van der Waals surface area contributed by atoms with Crippen LogP contribution in [0.1, 0.15) is 11.1 Å². The lowest BCUT2D eigenvalue weighted by atomic mass is 10.1. The molecule has 0 aliphatic rings. The topological polar surface area (TPSA) is 32.3 Å². The number of halogens is 3. The monoisotopic (exact) mass is 408 g/mol. The average Bonchev–Trinajstić information content (AvgIpc) is 2.36. The van der Waals surface area contributed by atoms with Crippen molar-refractivity contribution < 1.29 is 27.7 Å². The number of nitrogens with one attached hydrogen (secondary N) is 1. The number of hydrogen-bond acceptors (Lipinski definition) is 2. The molecule has 2 N–H and O–H groups in total. The van der Waals surface area contributed by atoms with E-state index in [1.54, 1.807) is 12.1 Å². The van der Waals surface area contributed by atoms with E-state index in [0.717, 1.165) is 20.4 Å². The minimum Gasteiger partial charge on any atom is -0.507 e. The Hall–Kier alpha value is -0.650. The molecule has 0 amide bonds. The van der Waals surface area contributed by atoms with Gasteiger partial charge in [0.1, 0.15) is 5.75 Å². The standard InChI is InChI=1S/C14H12Cl2INO/c1-8-4-10(17)5-9(14(8)19)7-18-11-2-3-12(15)13(16)6-11/h2-6,17-18H,7H2,1H3/p+1. The Morgan fingerprint density at radius 2 is 1.89 bits per heavy atom. The van der Waals surface area contributed by atoms with Crippen LogP contribution >= 0.6 is 23.2 Å². The smallest absolute Gasteiger partial charge is 0.296 e. The maximum atomic E-state index is 10.0. The van der Waals surface area contributed by atoms with Crippen molar-refractivity contribution in [1.29, 1.82) is 0 Å². The zero-order chi connectivity index (χ0) is 14.0. The van der Waals surface area contributed by atoms with Crippen molar-refractivity contribution in [1.82, 2.24) is 0 Å². The molecule has 100 valence electrons. The first-order valence-electron chi connectivity index (χ1n) is 5.66. The third kappa shape index (κ3) is 3.68. The molecule has 2 nitrogen and oxygen atoms in total. The molecule has 5 heteroatoms. The molecule has 0 heterocycles. The fourth-order valence-corrected chi connectivity index (χ4v) is 2.96. The average molecular weight is 409 g/mol. The summed E-state index contributed by atoms with van der Waals surface area (Å²) in [6.07, 6.45) is 0. The molecule has 0 bridgehead atoms. The third-order valence-electron chi connectivity index (χ3n) is 2.76. The molecule has 0 fully saturated rings. The quantitative estimate of drug-likeness (QED) is 0.745. The predicted molar refractivity (Wildman–Crippen MR) is 76.7 cm³/mol. The fraction of sp³-hybridized carbons (Fsp3) is 0.143. The van der Waals surface area contributed by atoms with Gasteiger partial charge >= 0.3 is 0 Å². The summed E-state index contributed by atoms with van der Waals surface area (Å²) in [6.45, 7) is 2.43. The molecule has 0 atom stereocenters. The van der Waals surface area contributed by atoms with Gasteiger partial charge in [-0.2, -0.15) is 0 Å². The number of anilines is 1. The largest absolute Gasteiger partial charge is 0.507 e. The van der Waals surface area contributed by atoms with Crippen LogP contribution in [0, 0.1) is 10.5 Å². The van der Waals surface area contributed by atoms with Crippen LogP contribution in [0.3, 0.4) is 0 Å². The molecule has 0 radical (unpaired) electrons. The van der Waals surface area contributed by atoms with E-state index >= 15 is 0 Å². The molecular weight excluding hydrogens is 396 g/mol. The van der Waals surface area contributed by atoms with E-state index in [9.17, 15) is 5.11 Å². The lowest BCUT2D eigenvalue weighted by Gasteiger charge is -2.10. The molecule has 0 aliphatic heterocycles. The molecular formula is C14H13Cl2INO+. The minimum absolute atomic E-state index is 0.333. The van der Waals surface area contributed by atoms with Crippen LogP contribution in [0.2, 0.25) is 10.0 Å². The summed E-state index contributed by atoms with van der Waals surface area (Å²) in [5.41, 5.74) is 2.62. The van der Waals surface area contributed by atoms with Gasteiger partial charge in [-0.25, -0.2) is 0 Å². The Bertz CT molecular complexity index is 617. The second-order valence-electron chi connectivity index (χ2n) is 4.23. The number of hydrogen-bond donors (Lipinski definition) is 2. The van der Waals surface area contributed by atoms with Crippen LogP contribution < -0.4 is 27.9 Å². The zero-order valence-electron chi connectivity index (χ0n) is 10.2. The van der Waals surface area contributed by atoms with E-state index in [0.29, 0.717) is 22.3 Å². The van der Waals surface area contributed by atoms with Gasteiger partial charge in [0.2, 0.25) is 0 Å². The summed E-state index contributed by atoms with van der Waals surface area (Å²) in [5.74, 6) is 0.333. The second kappa shape index (κ2) is 6.20. The van der Waals surface area contributed by atoms with E-state index in [1.165, 1.54) is 0 Å². The van der Waals surface area contributed by atoms with Crippen molar-refractivity contribution in [3.8, 4) is 5.75 Å². The highest BCUT2D eigenvalue weighted by Crippen LogP contribution is 2.26. The number of aryl methyl sites for hydroxylation is 1. The normalized spacial score (nSPS) is 10.5. The first-order chi connectivity index (χ1) is 8.97. The molecule has 2 aromatic rings. The maximum Gasteiger partial charge on any atom is 0.296 e. The van der Waals surface area contributed by atoms with Crippen LogP contribution in [0.4, 0.5) is 5.69 Å². The van der Waals surface area contributed by atoms with Crippen LogP contribution in [-0.4, -0.2) is 5.11 Å². The SMILES string of the molecule is Cc1cc([IH+])cc(CNc2ccc(Cl)c(Cl)c2)c1O. The van der Waals surface area contributed by atoms with Crippen molar-refractivity contribution in [3.05, 3.63) is 55.1 Å². The molecule has 2 rings (SSSR count).